The Morgan fingerprint density at radius 3 is 2.70 bits per heavy atom. The van der Waals surface area contributed by atoms with Crippen molar-refractivity contribution in [1.82, 2.24) is 19.7 Å². The Kier molecular flexibility index (Phi) is 5.71. The summed E-state index contributed by atoms with van der Waals surface area (Å²) in [7, 11) is 0. The first-order chi connectivity index (χ1) is 14.8. The number of H-pyrrole nitrogens is 1. The van der Waals surface area contributed by atoms with Crippen molar-refractivity contribution in [2.45, 2.75) is 57.3 Å². The van der Waals surface area contributed by atoms with E-state index in [1.165, 1.54) is 58.0 Å². The van der Waals surface area contributed by atoms with Gasteiger partial charge < -0.3 is 4.90 Å². The molecule has 5 rings (SSSR count). The van der Waals surface area contributed by atoms with E-state index >= 15 is 0 Å². The first kappa shape index (κ1) is 19.6. The molecule has 30 heavy (non-hydrogen) atoms. The Bertz CT molecular complexity index is 1040. The number of aromatic amines is 1. The summed E-state index contributed by atoms with van der Waals surface area (Å²) in [5.41, 5.74) is 0.714. The molecule has 1 atom stereocenters. The van der Waals surface area contributed by atoms with Crippen LogP contribution in [0.25, 0.3) is 16.5 Å². The summed E-state index contributed by atoms with van der Waals surface area (Å²) in [5.74, 6) is 2.08. The highest BCUT2D eigenvalue weighted by Gasteiger charge is 2.25. The van der Waals surface area contributed by atoms with Crippen molar-refractivity contribution in [3.05, 3.63) is 58.8 Å². The van der Waals surface area contributed by atoms with Gasteiger partial charge in [0.2, 0.25) is 0 Å². The molecule has 1 saturated carbocycles. The number of benzene rings is 2. The number of nitrogens with one attached hydrogen (secondary N) is 1. The van der Waals surface area contributed by atoms with E-state index in [9.17, 15) is 4.79 Å². The number of hydrogen-bond acceptors (Lipinski definition) is 3. The Labute approximate surface area is 178 Å². The Morgan fingerprint density at radius 1 is 0.967 bits per heavy atom. The predicted octanol–water partition coefficient (Wildman–Crippen LogP) is 4.86. The molecule has 5 heteroatoms. The molecule has 5 nitrogen and oxygen atoms in total. The van der Waals surface area contributed by atoms with Crippen LogP contribution in [0.15, 0.2) is 47.3 Å². The number of hydrogen-bond donors (Lipinski definition) is 1. The number of nitrogens with zero attached hydrogens (tertiary/aromatic N) is 3. The summed E-state index contributed by atoms with van der Waals surface area (Å²) in [6.45, 7) is 3.38. The van der Waals surface area contributed by atoms with E-state index in [1.54, 1.807) is 4.68 Å². The Morgan fingerprint density at radius 2 is 1.80 bits per heavy atom. The Balaban J connectivity index is 1.32. The highest BCUT2D eigenvalue weighted by atomic mass is 16.1. The molecule has 1 aliphatic carbocycles. The smallest absolute Gasteiger partial charge is 0.303 e. The topological polar surface area (TPSA) is 53.9 Å². The molecule has 1 aliphatic heterocycles. The molecular weight excluding hydrogens is 372 g/mol. The minimum Gasteiger partial charge on any atom is -0.303 e. The third kappa shape index (κ3) is 4.08. The van der Waals surface area contributed by atoms with Crippen LogP contribution in [0.3, 0.4) is 0 Å². The highest BCUT2D eigenvalue weighted by molar-refractivity contribution is 5.89. The largest absolute Gasteiger partial charge is 0.348 e. The van der Waals surface area contributed by atoms with Crippen molar-refractivity contribution in [3.8, 4) is 5.69 Å². The second kappa shape index (κ2) is 8.76. The molecule has 2 aromatic carbocycles. The first-order valence-electron chi connectivity index (χ1n) is 11.7. The molecule has 2 aliphatic rings. The van der Waals surface area contributed by atoms with Crippen molar-refractivity contribution >= 4 is 10.8 Å². The molecule has 2 heterocycles. The van der Waals surface area contributed by atoms with Crippen LogP contribution in [0.5, 0.6) is 0 Å². The maximum Gasteiger partial charge on any atom is 0.348 e. The molecule has 0 bridgehead atoms. The van der Waals surface area contributed by atoms with Crippen molar-refractivity contribution in [3.63, 3.8) is 0 Å². The lowest BCUT2D eigenvalue weighted by Gasteiger charge is -2.33. The van der Waals surface area contributed by atoms with Gasteiger partial charge in [0.25, 0.3) is 0 Å². The van der Waals surface area contributed by atoms with Crippen LogP contribution in [0, 0.1) is 5.92 Å². The van der Waals surface area contributed by atoms with Crippen LogP contribution >= 0.6 is 0 Å². The monoisotopic (exact) mass is 404 g/mol. The zero-order valence-electron chi connectivity index (χ0n) is 17.7. The SMILES string of the molecule is O=c1[nH]c(C2CCCN(CCC3CCCCC3)C2)nn1-c1cccc2ccccc12. The van der Waals surface area contributed by atoms with Gasteiger partial charge in [-0.1, -0.05) is 68.5 Å². The molecule has 1 N–H and O–H groups in total. The molecule has 1 saturated heterocycles. The van der Waals surface area contributed by atoms with E-state index in [2.05, 4.69) is 28.1 Å². The molecule has 158 valence electrons. The molecule has 1 unspecified atom stereocenters. The molecule has 0 spiro atoms. The summed E-state index contributed by atoms with van der Waals surface area (Å²) in [5, 5.41) is 6.94. The van der Waals surface area contributed by atoms with Crippen LogP contribution in [-0.2, 0) is 0 Å². The summed E-state index contributed by atoms with van der Waals surface area (Å²) in [4.78, 5) is 18.4. The highest BCUT2D eigenvalue weighted by Crippen LogP contribution is 2.29. The third-order valence-electron chi connectivity index (χ3n) is 7.10. The van der Waals surface area contributed by atoms with Crippen LogP contribution in [-0.4, -0.2) is 39.3 Å². The van der Waals surface area contributed by atoms with Crippen LogP contribution < -0.4 is 5.69 Å². The minimum absolute atomic E-state index is 0.138. The van der Waals surface area contributed by atoms with Gasteiger partial charge in [-0.25, -0.2) is 4.79 Å². The molecule has 0 radical (unpaired) electrons. The lowest BCUT2D eigenvalue weighted by Crippen LogP contribution is -2.36. The van der Waals surface area contributed by atoms with Gasteiger partial charge in [0.15, 0.2) is 0 Å². The van der Waals surface area contributed by atoms with Crippen LogP contribution in [0.1, 0.15) is 63.1 Å². The lowest BCUT2D eigenvalue weighted by molar-refractivity contribution is 0.182. The average molecular weight is 405 g/mol. The maximum absolute atomic E-state index is 12.8. The van der Waals surface area contributed by atoms with Crippen molar-refractivity contribution < 1.29 is 0 Å². The fraction of sp³-hybridized carbons (Fsp3) is 0.520. The molecule has 0 amide bonds. The van der Waals surface area contributed by atoms with Gasteiger partial charge in [0.05, 0.1) is 5.69 Å². The van der Waals surface area contributed by atoms with Crippen molar-refractivity contribution in [1.29, 1.82) is 0 Å². The second-order valence-corrected chi connectivity index (χ2v) is 9.16. The number of likely N-dealkylation sites (tertiary alicyclic amines) is 1. The minimum atomic E-state index is -0.138. The van der Waals surface area contributed by atoms with Gasteiger partial charge in [-0.3, -0.25) is 4.98 Å². The lowest BCUT2D eigenvalue weighted by atomic mass is 9.86. The summed E-state index contributed by atoms with van der Waals surface area (Å²) in [6, 6.07) is 14.2. The van der Waals surface area contributed by atoms with Crippen LogP contribution in [0.4, 0.5) is 0 Å². The quantitative estimate of drug-likeness (QED) is 0.660. The third-order valence-corrected chi connectivity index (χ3v) is 7.10. The fourth-order valence-corrected chi connectivity index (χ4v) is 5.40. The average Bonchev–Trinajstić information content (AvgIpc) is 3.19. The van der Waals surface area contributed by atoms with Gasteiger partial charge in [-0.05, 0) is 49.7 Å². The normalized spacial score (nSPS) is 21.3. The van der Waals surface area contributed by atoms with E-state index in [1.807, 2.05) is 24.3 Å². The van der Waals surface area contributed by atoms with Crippen molar-refractivity contribution in [2.24, 2.45) is 5.92 Å². The van der Waals surface area contributed by atoms with Gasteiger partial charge in [-0.2, -0.15) is 4.68 Å². The number of piperidine rings is 1. The van der Waals surface area contributed by atoms with E-state index < -0.39 is 0 Å². The summed E-state index contributed by atoms with van der Waals surface area (Å²) in [6.07, 6.45) is 10.7. The zero-order valence-corrected chi connectivity index (χ0v) is 17.7. The summed E-state index contributed by atoms with van der Waals surface area (Å²) >= 11 is 0. The zero-order chi connectivity index (χ0) is 20.3. The van der Waals surface area contributed by atoms with E-state index in [4.69, 9.17) is 5.10 Å². The fourth-order valence-electron chi connectivity index (χ4n) is 5.40. The second-order valence-electron chi connectivity index (χ2n) is 9.16. The molecule has 1 aromatic heterocycles. The van der Waals surface area contributed by atoms with Crippen molar-refractivity contribution in [2.75, 3.05) is 19.6 Å². The predicted molar refractivity (Wildman–Crippen MR) is 121 cm³/mol. The first-order valence-corrected chi connectivity index (χ1v) is 11.7. The Hall–Kier alpha value is -2.40. The number of rotatable bonds is 5. The van der Waals surface area contributed by atoms with E-state index in [0.717, 1.165) is 41.2 Å². The molecular formula is C25H32N4O. The maximum atomic E-state index is 12.8. The molecule has 2 fully saturated rings. The van der Waals surface area contributed by atoms with Gasteiger partial charge in [0.1, 0.15) is 5.82 Å². The summed E-state index contributed by atoms with van der Waals surface area (Å²) < 4.78 is 1.55. The standard InChI is InChI=1S/C25H32N4O/c30-25-26-24(27-29(25)23-14-6-11-20-10-4-5-13-22(20)23)21-12-7-16-28(18-21)17-15-19-8-2-1-3-9-19/h4-6,10-11,13-14,19,21H,1-3,7-9,12,15-18H2,(H,26,27,30). The number of fused-ring (bicyclic) bond motifs is 1. The van der Waals surface area contributed by atoms with Gasteiger partial charge in [-0.15, -0.1) is 5.10 Å². The number of aromatic nitrogens is 3. The molecule has 3 aromatic rings. The van der Waals surface area contributed by atoms with Gasteiger partial charge in [0, 0.05) is 17.8 Å². The van der Waals surface area contributed by atoms with E-state index in [-0.39, 0.29) is 5.69 Å². The van der Waals surface area contributed by atoms with Crippen LogP contribution in [0.2, 0.25) is 0 Å². The van der Waals surface area contributed by atoms with Gasteiger partial charge >= 0.3 is 5.69 Å². The van der Waals surface area contributed by atoms with E-state index in [0.29, 0.717) is 5.92 Å².